The maximum Gasteiger partial charge on any atom is 0.112 e. The zero-order valence-corrected chi connectivity index (χ0v) is 11.3. The summed E-state index contributed by atoms with van der Waals surface area (Å²) in [5.41, 5.74) is 1.19. The fourth-order valence-electron chi connectivity index (χ4n) is 2.18. The number of methoxy groups -OCH3 is 1. The van der Waals surface area contributed by atoms with Gasteiger partial charge >= 0.3 is 0 Å². The number of ether oxygens (including phenoxy) is 3. The van der Waals surface area contributed by atoms with Crippen molar-refractivity contribution in [3.63, 3.8) is 0 Å². The van der Waals surface area contributed by atoms with Crippen LogP contribution in [0.25, 0.3) is 0 Å². The average Bonchev–Trinajstić information content (AvgIpc) is 3.19. The topological polar surface area (TPSA) is 31.0 Å². The molecule has 0 saturated carbocycles. The van der Waals surface area contributed by atoms with Gasteiger partial charge in [-0.2, -0.15) is 0 Å². The second-order valence-electron chi connectivity index (χ2n) is 5.08. The molecule has 1 aliphatic heterocycles. The van der Waals surface area contributed by atoms with Crippen LogP contribution in [0.3, 0.4) is 0 Å². The Hall–Kier alpha value is -0.900. The third-order valence-corrected chi connectivity index (χ3v) is 3.26. The number of rotatable bonds is 7. The maximum atomic E-state index is 6.04. The Morgan fingerprint density at radius 1 is 1.28 bits per heavy atom. The first-order chi connectivity index (χ1) is 8.72. The van der Waals surface area contributed by atoms with Crippen molar-refractivity contribution in [2.75, 3.05) is 13.7 Å². The normalized spacial score (nSPS) is 21.9. The van der Waals surface area contributed by atoms with E-state index in [0.717, 1.165) is 6.61 Å². The van der Waals surface area contributed by atoms with Crippen molar-refractivity contribution >= 4 is 0 Å². The van der Waals surface area contributed by atoms with E-state index in [4.69, 9.17) is 14.2 Å². The molecule has 1 saturated heterocycles. The summed E-state index contributed by atoms with van der Waals surface area (Å²) < 4.78 is 16.9. The van der Waals surface area contributed by atoms with Crippen LogP contribution in [-0.4, -0.2) is 32.0 Å². The van der Waals surface area contributed by atoms with Crippen LogP contribution >= 0.6 is 0 Å². The van der Waals surface area contributed by atoms with Gasteiger partial charge in [0.05, 0.1) is 19.3 Å². The third kappa shape index (κ3) is 3.55. The lowest BCUT2D eigenvalue weighted by Crippen LogP contribution is -2.39. The lowest BCUT2D eigenvalue weighted by Gasteiger charge is -2.28. The van der Waals surface area contributed by atoms with E-state index in [1.54, 1.807) is 7.11 Å². The first kappa shape index (κ1) is 13.5. The minimum Gasteiger partial charge on any atom is -0.376 e. The summed E-state index contributed by atoms with van der Waals surface area (Å²) in [6, 6.07) is 10.2. The lowest BCUT2D eigenvalue weighted by atomic mass is 9.99. The fourth-order valence-corrected chi connectivity index (χ4v) is 2.18. The van der Waals surface area contributed by atoms with Gasteiger partial charge in [-0.3, -0.25) is 0 Å². The molecule has 0 aliphatic carbocycles. The van der Waals surface area contributed by atoms with Crippen molar-refractivity contribution in [3.05, 3.63) is 35.9 Å². The zero-order valence-electron chi connectivity index (χ0n) is 11.3. The third-order valence-electron chi connectivity index (χ3n) is 3.26. The Balaban J connectivity index is 1.93. The summed E-state index contributed by atoms with van der Waals surface area (Å²) in [6.07, 6.45) is 0.314. The molecule has 0 aromatic heterocycles. The largest absolute Gasteiger partial charge is 0.376 e. The van der Waals surface area contributed by atoms with Crippen LogP contribution in [0.1, 0.15) is 19.4 Å². The Morgan fingerprint density at radius 2 is 1.94 bits per heavy atom. The van der Waals surface area contributed by atoms with E-state index in [1.807, 2.05) is 18.2 Å². The van der Waals surface area contributed by atoms with Gasteiger partial charge in [0, 0.05) is 7.11 Å². The Morgan fingerprint density at radius 3 is 2.44 bits per heavy atom. The summed E-state index contributed by atoms with van der Waals surface area (Å²) >= 11 is 0. The highest BCUT2D eigenvalue weighted by Gasteiger charge is 2.40. The van der Waals surface area contributed by atoms with E-state index in [0.29, 0.717) is 12.5 Å². The molecular weight excluding hydrogens is 228 g/mol. The molecule has 1 aromatic rings. The quantitative estimate of drug-likeness (QED) is 0.697. The molecule has 0 spiro atoms. The number of hydrogen-bond acceptors (Lipinski definition) is 3. The van der Waals surface area contributed by atoms with Crippen molar-refractivity contribution in [1.29, 1.82) is 0 Å². The van der Waals surface area contributed by atoms with Crippen LogP contribution in [0.4, 0.5) is 0 Å². The van der Waals surface area contributed by atoms with E-state index in [1.165, 1.54) is 5.56 Å². The van der Waals surface area contributed by atoms with Crippen LogP contribution in [0.2, 0.25) is 0 Å². The predicted molar refractivity (Wildman–Crippen MR) is 70.4 cm³/mol. The molecule has 2 rings (SSSR count). The minimum atomic E-state index is 0.0358. The summed E-state index contributed by atoms with van der Waals surface area (Å²) in [6.45, 7) is 5.72. The zero-order chi connectivity index (χ0) is 13.0. The standard InChI is InChI=1S/C15H22O3/c1-11(2)14(15(16-3)13-10-17-13)18-9-12-7-5-4-6-8-12/h4-8,11,13-15H,9-10H2,1-3H3/t13-,14-,15+/m1/s1. The summed E-state index contributed by atoms with van der Waals surface area (Å²) in [4.78, 5) is 0. The molecule has 1 heterocycles. The van der Waals surface area contributed by atoms with Crippen LogP contribution in [-0.2, 0) is 20.8 Å². The van der Waals surface area contributed by atoms with Crippen molar-refractivity contribution in [2.24, 2.45) is 5.92 Å². The van der Waals surface area contributed by atoms with Gasteiger partial charge in [-0.05, 0) is 11.5 Å². The average molecular weight is 250 g/mol. The molecule has 0 radical (unpaired) electrons. The first-order valence-corrected chi connectivity index (χ1v) is 6.52. The minimum absolute atomic E-state index is 0.0358. The number of epoxide rings is 1. The molecule has 100 valence electrons. The van der Waals surface area contributed by atoms with Crippen molar-refractivity contribution in [2.45, 2.75) is 38.8 Å². The van der Waals surface area contributed by atoms with Gasteiger partial charge in [0.1, 0.15) is 12.2 Å². The molecule has 0 amide bonds. The van der Waals surface area contributed by atoms with Crippen LogP contribution < -0.4 is 0 Å². The Labute approximate surface area is 109 Å². The van der Waals surface area contributed by atoms with Crippen molar-refractivity contribution in [3.8, 4) is 0 Å². The number of benzene rings is 1. The molecule has 18 heavy (non-hydrogen) atoms. The Kier molecular flexibility index (Phi) is 4.75. The van der Waals surface area contributed by atoms with Gasteiger partial charge in [-0.15, -0.1) is 0 Å². The van der Waals surface area contributed by atoms with Crippen LogP contribution in [0, 0.1) is 5.92 Å². The molecule has 0 N–H and O–H groups in total. The highest BCUT2D eigenvalue weighted by Crippen LogP contribution is 2.26. The molecule has 1 fully saturated rings. The monoisotopic (exact) mass is 250 g/mol. The number of hydrogen-bond donors (Lipinski definition) is 0. The lowest BCUT2D eigenvalue weighted by molar-refractivity contribution is -0.0933. The highest BCUT2D eigenvalue weighted by molar-refractivity contribution is 5.13. The Bertz CT molecular complexity index is 346. The van der Waals surface area contributed by atoms with Gasteiger partial charge in [-0.25, -0.2) is 0 Å². The van der Waals surface area contributed by atoms with E-state index in [2.05, 4.69) is 26.0 Å². The first-order valence-electron chi connectivity index (χ1n) is 6.52. The van der Waals surface area contributed by atoms with Gasteiger partial charge in [0.25, 0.3) is 0 Å². The van der Waals surface area contributed by atoms with E-state index < -0.39 is 0 Å². The van der Waals surface area contributed by atoms with Crippen LogP contribution in [0.5, 0.6) is 0 Å². The van der Waals surface area contributed by atoms with Gasteiger partial charge in [0.15, 0.2) is 0 Å². The molecule has 1 aromatic carbocycles. The second-order valence-corrected chi connectivity index (χ2v) is 5.08. The molecule has 1 aliphatic rings. The fraction of sp³-hybridized carbons (Fsp3) is 0.600. The molecule has 3 atom stereocenters. The smallest absolute Gasteiger partial charge is 0.112 e. The van der Waals surface area contributed by atoms with Gasteiger partial charge < -0.3 is 14.2 Å². The predicted octanol–water partition coefficient (Wildman–Crippen LogP) is 2.64. The summed E-state index contributed by atoms with van der Waals surface area (Å²) in [7, 11) is 1.73. The van der Waals surface area contributed by atoms with E-state index in [-0.39, 0.29) is 18.3 Å². The molecule has 0 bridgehead atoms. The van der Waals surface area contributed by atoms with Gasteiger partial charge in [0.2, 0.25) is 0 Å². The van der Waals surface area contributed by atoms with Gasteiger partial charge in [-0.1, -0.05) is 44.2 Å². The maximum absolute atomic E-state index is 6.04. The van der Waals surface area contributed by atoms with Crippen LogP contribution in [0.15, 0.2) is 30.3 Å². The molecule has 3 heteroatoms. The van der Waals surface area contributed by atoms with Crippen molar-refractivity contribution in [1.82, 2.24) is 0 Å². The summed E-state index contributed by atoms with van der Waals surface area (Å²) in [5.74, 6) is 0.405. The van der Waals surface area contributed by atoms with Crippen molar-refractivity contribution < 1.29 is 14.2 Å². The SMILES string of the molecule is CO[C@H]([C@H](OCc1ccccc1)C(C)C)[C@H]1CO1. The highest BCUT2D eigenvalue weighted by atomic mass is 16.6. The molecular formula is C15H22O3. The molecule has 3 nitrogen and oxygen atoms in total. The summed E-state index contributed by atoms with van der Waals surface area (Å²) in [5, 5.41) is 0. The molecule has 0 unspecified atom stereocenters. The second kappa shape index (κ2) is 6.32. The van der Waals surface area contributed by atoms with E-state index in [9.17, 15) is 0 Å². The van der Waals surface area contributed by atoms with E-state index >= 15 is 0 Å².